The molecule has 0 aliphatic rings. The standard InChI is InChI=1S/C15H22N4/c1-3-19(10-8-15-17-9-11-18(15)2)12-13-4-6-14(16)7-5-13/h4-7,9,11H,3,8,10,12,16H2,1-2H3. The lowest BCUT2D eigenvalue weighted by molar-refractivity contribution is 0.281. The van der Waals surface area contributed by atoms with Gasteiger partial charge < -0.3 is 10.3 Å². The first kappa shape index (κ1) is 13.6. The number of hydrogen-bond donors (Lipinski definition) is 1. The molecule has 1 aromatic carbocycles. The maximum absolute atomic E-state index is 5.70. The van der Waals surface area contributed by atoms with Crippen LogP contribution in [0, 0.1) is 0 Å². The average Bonchev–Trinajstić information content (AvgIpc) is 2.82. The smallest absolute Gasteiger partial charge is 0.109 e. The van der Waals surface area contributed by atoms with Gasteiger partial charge in [0.25, 0.3) is 0 Å². The summed E-state index contributed by atoms with van der Waals surface area (Å²) in [5.41, 5.74) is 7.83. The van der Waals surface area contributed by atoms with Gasteiger partial charge in [-0.1, -0.05) is 19.1 Å². The first-order valence-electron chi connectivity index (χ1n) is 6.72. The van der Waals surface area contributed by atoms with E-state index < -0.39 is 0 Å². The molecule has 2 rings (SSSR count). The zero-order valence-electron chi connectivity index (χ0n) is 11.7. The molecule has 0 aliphatic carbocycles. The number of benzene rings is 1. The summed E-state index contributed by atoms with van der Waals surface area (Å²) in [6.07, 6.45) is 4.82. The molecule has 0 spiro atoms. The number of nitrogen functional groups attached to an aromatic ring is 1. The van der Waals surface area contributed by atoms with Crippen molar-refractivity contribution in [2.45, 2.75) is 19.9 Å². The van der Waals surface area contributed by atoms with Crippen molar-refractivity contribution in [2.75, 3.05) is 18.8 Å². The highest BCUT2D eigenvalue weighted by Gasteiger charge is 2.06. The lowest BCUT2D eigenvalue weighted by atomic mass is 10.2. The molecule has 0 unspecified atom stereocenters. The lowest BCUT2D eigenvalue weighted by Gasteiger charge is -2.20. The fourth-order valence-corrected chi connectivity index (χ4v) is 2.13. The van der Waals surface area contributed by atoms with Crippen LogP contribution in [0.2, 0.25) is 0 Å². The molecule has 102 valence electrons. The Morgan fingerprint density at radius 2 is 2.00 bits per heavy atom. The van der Waals surface area contributed by atoms with Crippen LogP contribution >= 0.6 is 0 Å². The summed E-state index contributed by atoms with van der Waals surface area (Å²) < 4.78 is 2.08. The van der Waals surface area contributed by atoms with Crippen LogP contribution in [0.25, 0.3) is 0 Å². The molecule has 0 fully saturated rings. The molecule has 2 aromatic rings. The average molecular weight is 258 g/mol. The molecule has 2 N–H and O–H groups in total. The van der Waals surface area contributed by atoms with E-state index in [1.807, 2.05) is 31.6 Å². The van der Waals surface area contributed by atoms with E-state index in [1.165, 1.54) is 5.56 Å². The topological polar surface area (TPSA) is 47.1 Å². The molecule has 0 aliphatic heterocycles. The third-order valence-electron chi connectivity index (χ3n) is 3.41. The second kappa shape index (κ2) is 6.38. The van der Waals surface area contributed by atoms with Crippen LogP contribution in [0.4, 0.5) is 5.69 Å². The fraction of sp³-hybridized carbons (Fsp3) is 0.400. The van der Waals surface area contributed by atoms with Gasteiger partial charge in [0.2, 0.25) is 0 Å². The molecule has 0 bridgehead atoms. The summed E-state index contributed by atoms with van der Waals surface area (Å²) in [7, 11) is 2.04. The summed E-state index contributed by atoms with van der Waals surface area (Å²) in [6, 6.07) is 8.11. The quantitative estimate of drug-likeness (QED) is 0.807. The number of anilines is 1. The van der Waals surface area contributed by atoms with E-state index in [9.17, 15) is 0 Å². The fourth-order valence-electron chi connectivity index (χ4n) is 2.13. The van der Waals surface area contributed by atoms with Gasteiger partial charge in [-0.3, -0.25) is 4.90 Å². The molecular weight excluding hydrogens is 236 g/mol. The van der Waals surface area contributed by atoms with E-state index in [-0.39, 0.29) is 0 Å². The second-order valence-corrected chi connectivity index (χ2v) is 4.81. The molecule has 0 atom stereocenters. The molecule has 0 saturated heterocycles. The van der Waals surface area contributed by atoms with Gasteiger partial charge >= 0.3 is 0 Å². The maximum atomic E-state index is 5.70. The number of hydrogen-bond acceptors (Lipinski definition) is 3. The Kier molecular flexibility index (Phi) is 4.58. The molecule has 0 amide bonds. The summed E-state index contributed by atoms with van der Waals surface area (Å²) >= 11 is 0. The number of nitrogens with two attached hydrogens (primary N) is 1. The zero-order valence-corrected chi connectivity index (χ0v) is 11.7. The molecule has 1 heterocycles. The van der Waals surface area contributed by atoms with Crippen molar-refractivity contribution in [2.24, 2.45) is 7.05 Å². The Balaban J connectivity index is 1.90. The van der Waals surface area contributed by atoms with Crippen LogP contribution in [-0.2, 0) is 20.0 Å². The highest BCUT2D eigenvalue weighted by Crippen LogP contribution is 2.09. The molecule has 4 nitrogen and oxygen atoms in total. The van der Waals surface area contributed by atoms with E-state index >= 15 is 0 Å². The third kappa shape index (κ3) is 3.83. The van der Waals surface area contributed by atoms with Crippen molar-refractivity contribution < 1.29 is 0 Å². The van der Waals surface area contributed by atoms with Gasteiger partial charge in [0.05, 0.1) is 0 Å². The second-order valence-electron chi connectivity index (χ2n) is 4.81. The Bertz CT molecular complexity index is 501. The number of nitrogens with zero attached hydrogens (tertiary/aromatic N) is 3. The highest BCUT2D eigenvalue weighted by atomic mass is 15.1. The maximum Gasteiger partial charge on any atom is 0.109 e. The van der Waals surface area contributed by atoms with Crippen LogP contribution in [0.3, 0.4) is 0 Å². The van der Waals surface area contributed by atoms with Gasteiger partial charge in [-0.25, -0.2) is 4.98 Å². The van der Waals surface area contributed by atoms with Crippen LogP contribution in [0.5, 0.6) is 0 Å². The van der Waals surface area contributed by atoms with Gasteiger partial charge in [-0.15, -0.1) is 0 Å². The van der Waals surface area contributed by atoms with Crippen molar-refractivity contribution in [1.29, 1.82) is 0 Å². The number of aromatic nitrogens is 2. The van der Waals surface area contributed by atoms with E-state index in [2.05, 4.69) is 33.5 Å². The highest BCUT2D eigenvalue weighted by molar-refractivity contribution is 5.39. The summed E-state index contributed by atoms with van der Waals surface area (Å²) in [4.78, 5) is 6.78. The third-order valence-corrected chi connectivity index (χ3v) is 3.41. The number of rotatable bonds is 6. The molecule has 0 radical (unpaired) electrons. The van der Waals surface area contributed by atoms with Crippen LogP contribution in [0.15, 0.2) is 36.7 Å². The minimum absolute atomic E-state index is 0.819. The summed E-state index contributed by atoms with van der Waals surface area (Å²) in [5, 5.41) is 0. The van der Waals surface area contributed by atoms with Gasteiger partial charge in [-0.05, 0) is 24.2 Å². The SMILES string of the molecule is CCN(CCc1nccn1C)Cc1ccc(N)cc1. The Hall–Kier alpha value is -1.81. The Morgan fingerprint density at radius 1 is 1.26 bits per heavy atom. The Morgan fingerprint density at radius 3 is 2.58 bits per heavy atom. The predicted octanol–water partition coefficient (Wildman–Crippen LogP) is 2.07. The van der Waals surface area contributed by atoms with E-state index in [1.54, 1.807) is 0 Å². The van der Waals surface area contributed by atoms with Crippen molar-refractivity contribution >= 4 is 5.69 Å². The monoisotopic (exact) mass is 258 g/mol. The predicted molar refractivity (Wildman–Crippen MR) is 78.7 cm³/mol. The summed E-state index contributed by atoms with van der Waals surface area (Å²) in [6.45, 7) is 5.21. The van der Waals surface area contributed by atoms with Crippen LogP contribution < -0.4 is 5.73 Å². The van der Waals surface area contributed by atoms with Gasteiger partial charge in [0.15, 0.2) is 0 Å². The van der Waals surface area contributed by atoms with Crippen LogP contribution in [0.1, 0.15) is 18.3 Å². The largest absolute Gasteiger partial charge is 0.399 e. The minimum Gasteiger partial charge on any atom is -0.399 e. The zero-order chi connectivity index (χ0) is 13.7. The molecule has 1 aromatic heterocycles. The minimum atomic E-state index is 0.819. The van der Waals surface area contributed by atoms with E-state index in [4.69, 9.17) is 5.73 Å². The number of imidazole rings is 1. The van der Waals surface area contributed by atoms with Crippen molar-refractivity contribution in [3.63, 3.8) is 0 Å². The normalized spacial score (nSPS) is 11.1. The van der Waals surface area contributed by atoms with Crippen molar-refractivity contribution in [1.82, 2.24) is 14.5 Å². The Labute approximate surface area is 114 Å². The van der Waals surface area contributed by atoms with E-state index in [0.29, 0.717) is 0 Å². The molecular formula is C15H22N4. The lowest BCUT2D eigenvalue weighted by Crippen LogP contribution is -2.26. The number of likely N-dealkylation sites (N-methyl/N-ethyl adjacent to an activating group) is 1. The van der Waals surface area contributed by atoms with Crippen LogP contribution in [-0.4, -0.2) is 27.5 Å². The van der Waals surface area contributed by atoms with E-state index in [0.717, 1.165) is 37.6 Å². The first-order valence-corrected chi connectivity index (χ1v) is 6.72. The molecule has 4 heteroatoms. The molecule has 19 heavy (non-hydrogen) atoms. The number of aryl methyl sites for hydroxylation is 1. The van der Waals surface area contributed by atoms with Crippen molar-refractivity contribution in [3.05, 3.63) is 48.0 Å². The molecule has 0 saturated carbocycles. The first-order chi connectivity index (χ1) is 9.19. The van der Waals surface area contributed by atoms with Gasteiger partial charge in [0, 0.05) is 44.6 Å². The van der Waals surface area contributed by atoms with Gasteiger partial charge in [0.1, 0.15) is 5.82 Å². The van der Waals surface area contributed by atoms with Gasteiger partial charge in [-0.2, -0.15) is 0 Å². The summed E-state index contributed by atoms with van der Waals surface area (Å²) in [5.74, 6) is 1.13. The van der Waals surface area contributed by atoms with Crippen molar-refractivity contribution in [3.8, 4) is 0 Å².